The lowest BCUT2D eigenvalue weighted by Gasteiger charge is -2.06. The Kier molecular flexibility index (Phi) is 5.00. The van der Waals surface area contributed by atoms with Crippen LogP contribution in [0.5, 0.6) is 0 Å². The van der Waals surface area contributed by atoms with E-state index in [1.807, 2.05) is 31.2 Å². The number of oxime groups is 1. The second kappa shape index (κ2) is 6.52. The van der Waals surface area contributed by atoms with Gasteiger partial charge in [0.25, 0.3) is 0 Å². The van der Waals surface area contributed by atoms with Crippen molar-refractivity contribution in [2.75, 3.05) is 14.2 Å². The summed E-state index contributed by atoms with van der Waals surface area (Å²) in [5.41, 5.74) is 2.71. The molecule has 0 saturated heterocycles. The third kappa shape index (κ3) is 4.14. The summed E-state index contributed by atoms with van der Waals surface area (Å²) in [7, 11) is 2.84. The van der Waals surface area contributed by atoms with Gasteiger partial charge in [0.2, 0.25) is 0 Å². The van der Waals surface area contributed by atoms with E-state index in [0.717, 1.165) is 16.8 Å². The average Bonchev–Trinajstić information content (AvgIpc) is 2.36. The molecule has 1 N–H and O–H groups in total. The standard InChI is InChI=1S/C12H16N2O3/c1-9(14-17-3)11-6-4-5-10(7-11)8-13-12(15)16-2/h4-7H,8H2,1-3H3,(H,13,15)/b14-9+. The number of amides is 1. The lowest BCUT2D eigenvalue weighted by Crippen LogP contribution is -2.22. The van der Waals surface area contributed by atoms with Gasteiger partial charge in [0.1, 0.15) is 7.11 Å². The highest BCUT2D eigenvalue weighted by molar-refractivity contribution is 5.98. The number of nitrogens with zero attached hydrogens (tertiary/aromatic N) is 1. The maximum Gasteiger partial charge on any atom is 0.407 e. The summed E-state index contributed by atoms with van der Waals surface area (Å²) in [4.78, 5) is 15.6. The lowest BCUT2D eigenvalue weighted by molar-refractivity contribution is 0.170. The van der Waals surface area contributed by atoms with Crippen molar-refractivity contribution in [1.82, 2.24) is 5.32 Å². The summed E-state index contributed by atoms with van der Waals surface area (Å²) >= 11 is 0. The van der Waals surface area contributed by atoms with E-state index in [2.05, 4.69) is 15.2 Å². The minimum atomic E-state index is -0.447. The van der Waals surface area contributed by atoms with Crippen molar-refractivity contribution in [2.24, 2.45) is 5.16 Å². The highest BCUT2D eigenvalue weighted by atomic mass is 16.6. The molecule has 0 bridgehead atoms. The summed E-state index contributed by atoms with van der Waals surface area (Å²) in [6, 6.07) is 7.69. The van der Waals surface area contributed by atoms with Gasteiger partial charge in [-0.15, -0.1) is 0 Å². The van der Waals surface area contributed by atoms with Crippen LogP contribution < -0.4 is 5.32 Å². The molecular formula is C12H16N2O3. The number of nitrogens with one attached hydrogen (secondary N) is 1. The van der Waals surface area contributed by atoms with Crippen LogP contribution in [0.4, 0.5) is 4.79 Å². The maximum absolute atomic E-state index is 10.9. The highest BCUT2D eigenvalue weighted by Gasteiger charge is 2.02. The van der Waals surface area contributed by atoms with Crippen molar-refractivity contribution in [3.63, 3.8) is 0 Å². The van der Waals surface area contributed by atoms with Crippen LogP contribution in [-0.2, 0) is 16.1 Å². The fourth-order valence-corrected chi connectivity index (χ4v) is 1.34. The first-order valence-corrected chi connectivity index (χ1v) is 5.16. The van der Waals surface area contributed by atoms with E-state index >= 15 is 0 Å². The van der Waals surface area contributed by atoms with Crippen LogP contribution in [0.15, 0.2) is 29.4 Å². The molecule has 5 heteroatoms. The molecule has 0 heterocycles. The monoisotopic (exact) mass is 236 g/mol. The molecule has 0 atom stereocenters. The van der Waals surface area contributed by atoms with Gasteiger partial charge in [-0.3, -0.25) is 0 Å². The van der Waals surface area contributed by atoms with Gasteiger partial charge in [-0.2, -0.15) is 0 Å². The van der Waals surface area contributed by atoms with E-state index in [1.165, 1.54) is 14.2 Å². The van der Waals surface area contributed by atoms with Gasteiger partial charge >= 0.3 is 6.09 Å². The Morgan fingerprint density at radius 3 is 2.82 bits per heavy atom. The molecule has 5 nitrogen and oxygen atoms in total. The Morgan fingerprint density at radius 2 is 2.18 bits per heavy atom. The van der Waals surface area contributed by atoms with Crippen LogP contribution in [0.1, 0.15) is 18.1 Å². The molecule has 1 aromatic rings. The zero-order valence-electron chi connectivity index (χ0n) is 10.2. The summed E-state index contributed by atoms with van der Waals surface area (Å²) in [5, 5.41) is 6.47. The van der Waals surface area contributed by atoms with Crippen LogP contribution in [0.25, 0.3) is 0 Å². The first-order valence-electron chi connectivity index (χ1n) is 5.16. The Labute approximate surface area is 100 Å². The molecule has 0 aliphatic heterocycles. The highest BCUT2D eigenvalue weighted by Crippen LogP contribution is 2.07. The number of rotatable bonds is 4. The van der Waals surface area contributed by atoms with Gasteiger partial charge in [-0.05, 0) is 24.1 Å². The van der Waals surface area contributed by atoms with Gasteiger partial charge in [-0.25, -0.2) is 4.79 Å². The van der Waals surface area contributed by atoms with Gasteiger partial charge in [0, 0.05) is 6.54 Å². The van der Waals surface area contributed by atoms with Crippen molar-refractivity contribution < 1.29 is 14.4 Å². The number of benzene rings is 1. The van der Waals surface area contributed by atoms with Crippen molar-refractivity contribution in [3.8, 4) is 0 Å². The van der Waals surface area contributed by atoms with Crippen molar-refractivity contribution in [1.29, 1.82) is 0 Å². The first-order chi connectivity index (χ1) is 8.17. The van der Waals surface area contributed by atoms with E-state index in [4.69, 9.17) is 4.84 Å². The van der Waals surface area contributed by atoms with E-state index in [0.29, 0.717) is 6.54 Å². The lowest BCUT2D eigenvalue weighted by atomic mass is 10.1. The number of ether oxygens (including phenoxy) is 1. The van der Waals surface area contributed by atoms with Gasteiger partial charge in [-0.1, -0.05) is 23.4 Å². The van der Waals surface area contributed by atoms with Crippen LogP contribution in [0, 0.1) is 0 Å². The number of hydrogen-bond acceptors (Lipinski definition) is 4. The second-order valence-electron chi connectivity index (χ2n) is 3.40. The molecule has 1 rings (SSSR count). The zero-order chi connectivity index (χ0) is 12.7. The number of carbonyl (C=O) groups excluding carboxylic acids is 1. The van der Waals surface area contributed by atoms with Crippen LogP contribution in [-0.4, -0.2) is 26.0 Å². The fourth-order valence-electron chi connectivity index (χ4n) is 1.34. The first kappa shape index (κ1) is 13.0. The smallest absolute Gasteiger partial charge is 0.407 e. The SMILES string of the molecule is CO/N=C(\C)c1cccc(CNC(=O)OC)c1. The molecular weight excluding hydrogens is 220 g/mol. The van der Waals surface area contributed by atoms with Crippen LogP contribution in [0.3, 0.4) is 0 Å². The zero-order valence-corrected chi connectivity index (χ0v) is 10.2. The molecule has 1 aromatic carbocycles. The Bertz CT molecular complexity index is 416. The quantitative estimate of drug-likeness (QED) is 0.641. The predicted octanol–water partition coefficient (Wildman–Crippen LogP) is 1.91. The molecule has 17 heavy (non-hydrogen) atoms. The van der Waals surface area contributed by atoms with Gasteiger partial charge in [0.05, 0.1) is 12.8 Å². The van der Waals surface area contributed by atoms with Crippen molar-refractivity contribution >= 4 is 11.8 Å². The summed E-state index contributed by atoms with van der Waals surface area (Å²) in [5.74, 6) is 0. The molecule has 0 fully saturated rings. The van der Waals surface area contributed by atoms with E-state index in [9.17, 15) is 4.79 Å². The molecule has 92 valence electrons. The Morgan fingerprint density at radius 1 is 1.41 bits per heavy atom. The molecule has 0 radical (unpaired) electrons. The third-order valence-corrected chi connectivity index (χ3v) is 2.20. The van der Waals surface area contributed by atoms with Crippen molar-refractivity contribution in [2.45, 2.75) is 13.5 Å². The summed E-state index contributed by atoms with van der Waals surface area (Å²) in [6.45, 7) is 2.27. The van der Waals surface area contributed by atoms with Crippen LogP contribution >= 0.6 is 0 Å². The van der Waals surface area contributed by atoms with E-state index in [1.54, 1.807) is 0 Å². The number of hydrogen-bond donors (Lipinski definition) is 1. The van der Waals surface area contributed by atoms with E-state index < -0.39 is 6.09 Å². The number of methoxy groups -OCH3 is 1. The normalized spacial score (nSPS) is 10.9. The molecule has 0 spiro atoms. The fraction of sp³-hybridized carbons (Fsp3) is 0.333. The minimum Gasteiger partial charge on any atom is -0.453 e. The molecule has 1 amide bonds. The number of carbonyl (C=O) groups is 1. The van der Waals surface area contributed by atoms with Crippen molar-refractivity contribution in [3.05, 3.63) is 35.4 Å². The third-order valence-electron chi connectivity index (χ3n) is 2.20. The average molecular weight is 236 g/mol. The largest absolute Gasteiger partial charge is 0.453 e. The van der Waals surface area contributed by atoms with Crippen LogP contribution in [0.2, 0.25) is 0 Å². The minimum absolute atomic E-state index is 0.417. The Hall–Kier alpha value is -2.04. The second-order valence-corrected chi connectivity index (χ2v) is 3.40. The summed E-state index contributed by atoms with van der Waals surface area (Å²) < 4.78 is 4.49. The topological polar surface area (TPSA) is 59.9 Å². The number of alkyl carbamates (subject to hydrolysis) is 1. The summed E-state index contributed by atoms with van der Waals surface area (Å²) in [6.07, 6.45) is -0.447. The molecule has 0 aliphatic rings. The van der Waals surface area contributed by atoms with Gasteiger partial charge in [0.15, 0.2) is 0 Å². The predicted molar refractivity (Wildman–Crippen MR) is 64.9 cm³/mol. The Balaban J connectivity index is 2.72. The molecule has 0 aliphatic carbocycles. The molecule has 0 unspecified atom stereocenters. The molecule has 0 aromatic heterocycles. The molecule has 0 saturated carbocycles. The van der Waals surface area contributed by atoms with E-state index in [-0.39, 0.29) is 0 Å². The van der Waals surface area contributed by atoms with Gasteiger partial charge < -0.3 is 14.9 Å². The maximum atomic E-state index is 10.9.